The molecular weight excluding hydrogens is 282 g/mol. The number of hydrogen-bond donors (Lipinski definition) is 2. The first-order valence-electron chi connectivity index (χ1n) is 6.92. The van der Waals surface area contributed by atoms with Gasteiger partial charge in [-0.15, -0.1) is 0 Å². The molecule has 0 aliphatic rings. The Labute approximate surface area is 129 Å². The van der Waals surface area contributed by atoms with Gasteiger partial charge in [0.2, 0.25) is 0 Å². The molecule has 0 amide bonds. The molecule has 0 aliphatic heterocycles. The van der Waals surface area contributed by atoms with Crippen molar-refractivity contribution in [3.8, 4) is 11.5 Å². The van der Waals surface area contributed by atoms with E-state index >= 15 is 0 Å². The van der Waals surface area contributed by atoms with E-state index in [1.54, 1.807) is 18.2 Å². The molecule has 0 bridgehead atoms. The van der Waals surface area contributed by atoms with Gasteiger partial charge in [-0.05, 0) is 11.6 Å². The Morgan fingerprint density at radius 1 is 1.23 bits per heavy atom. The summed E-state index contributed by atoms with van der Waals surface area (Å²) in [6.45, 7) is 0.449. The highest BCUT2D eigenvalue weighted by Crippen LogP contribution is 2.30. The van der Waals surface area contributed by atoms with E-state index in [1.807, 2.05) is 30.3 Å². The van der Waals surface area contributed by atoms with Crippen LogP contribution in [0.25, 0.3) is 0 Å². The van der Waals surface area contributed by atoms with Crippen LogP contribution in [-0.2, 0) is 11.4 Å². The second-order valence-corrected chi connectivity index (χ2v) is 4.88. The van der Waals surface area contributed by atoms with Crippen molar-refractivity contribution in [3.05, 3.63) is 59.7 Å². The van der Waals surface area contributed by atoms with E-state index in [0.717, 1.165) is 5.56 Å². The van der Waals surface area contributed by atoms with Gasteiger partial charge in [0.15, 0.2) is 0 Å². The second-order valence-electron chi connectivity index (χ2n) is 4.88. The van der Waals surface area contributed by atoms with E-state index < -0.39 is 12.0 Å². The van der Waals surface area contributed by atoms with Crippen molar-refractivity contribution in [2.75, 3.05) is 7.11 Å². The predicted molar refractivity (Wildman–Crippen MR) is 82.9 cm³/mol. The van der Waals surface area contributed by atoms with Crippen LogP contribution in [0.5, 0.6) is 11.5 Å². The third-order valence-electron chi connectivity index (χ3n) is 3.25. The zero-order valence-electron chi connectivity index (χ0n) is 12.4. The quantitative estimate of drug-likeness (QED) is 0.821. The van der Waals surface area contributed by atoms with Gasteiger partial charge in [-0.1, -0.05) is 36.4 Å². The number of benzene rings is 2. The minimum absolute atomic E-state index is 0.152. The summed E-state index contributed by atoms with van der Waals surface area (Å²) < 4.78 is 11.0. The summed E-state index contributed by atoms with van der Waals surface area (Å²) in [7, 11) is 1.52. The van der Waals surface area contributed by atoms with Gasteiger partial charge in [0.05, 0.1) is 13.5 Å². The average molecular weight is 301 g/mol. The Bertz CT molecular complexity index is 628. The fourth-order valence-corrected chi connectivity index (χ4v) is 2.13. The number of carboxylic acids is 1. The monoisotopic (exact) mass is 301 g/mol. The largest absolute Gasteiger partial charge is 0.496 e. The first-order valence-corrected chi connectivity index (χ1v) is 6.92. The predicted octanol–water partition coefficient (Wildman–Crippen LogP) is 2.75. The molecule has 22 heavy (non-hydrogen) atoms. The van der Waals surface area contributed by atoms with Crippen molar-refractivity contribution in [2.24, 2.45) is 5.73 Å². The van der Waals surface area contributed by atoms with Crippen molar-refractivity contribution in [1.82, 2.24) is 0 Å². The molecule has 0 radical (unpaired) electrons. The highest BCUT2D eigenvalue weighted by atomic mass is 16.5. The van der Waals surface area contributed by atoms with Gasteiger partial charge >= 0.3 is 5.97 Å². The molecule has 2 aromatic rings. The molecule has 0 heterocycles. The molecule has 1 atom stereocenters. The number of rotatable bonds is 7. The maximum absolute atomic E-state index is 10.8. The van der Waals surface area contributed by atoms with E-state index in [0.29, 0.717) is 23.7 Å². The maximum atomic E-state index is 10.8. The minimum Gasteiger partial charge on any atom is -0.496 e. The van der Waals surface area contributed by atoms with Gasteiger partial charge in [0.1, 0.15) is 18.1 Å². The van der Waals surface area contributed by atoms with E-state index in [4.69, 9.17) is 20.3 Å². The molecule has 0 aliphatic carbocycles. The first-order chi connectivity index (χ1) is 10.6. The van der Waals surface area contributed by atoms with Crippen LogP contribution in [0.2, 0.25) is 0 Å². The molecule has 5 heteroatoms. The highest BCUT2D eigenvalue weighted by Gasteiger charge is 2.16. The Kier molecular flexibility index (Phi) is 5.38. The third-order valence-corrected chi connectivity index (χ3v) is 3.25. The maximum Gasteiger partial charge on any atom is 0.305 e. The number of ether oxygens (including phenoxy) is 2. The van der Waals surface area contributed by atoms with E-state index in [2.05, 4.69) is 0 Å². The van der Waals surface area contributed by atoms with Crippen LogP contribution in [0.1, 0.15) is 23.6 Å². The van der Waals surface area contributed by atoms with Gasteiger partial charge in [0, 0.05) is 17.7 Å². The second kappa shape index (κ2) is 7.47. The van der Waals surface area contributed by atoms with Gasteiger partial charge in [-0.3, -0.25) is 4.79 Å². The minimum atomic E-state index is -0.945. The molecule has 0 aromatic heterocycles. The summed E-state index contributed by atoms with van der Waals surface area (Å²) in [4.78, 5) is 10.8. The van der Waals surface area contributed by atoms with Gasteiger partial charge < -0.3 is 20.3 Å². The van der Waals surface area contributed by atoms with Gasteiger partial charge in [-0.2, -0.15) is 0 Å². The molecular formula is C17H19NO4. The number of aliphatic carboxylic acids is 1. The summed E-state index contributed by atoms with van der Waals surface area (Å²) in [5.41, 5.74) is 7.60. The van der Waals surface area contributed by atoms with Crippen LogP contribution in [0, 0.1) is 0 Å². The van der Waals surface area contributed by atoms with E-state index in [9.17, 15) is 4.79 Å². The van der Waals surface area contributed by atoms with Gasteiger partial charge in [-0.25, -0.2) is 0 Å². The van der Waals surface area contributed by atoms with Crippen LogP contribution >= 0.6 is 0 Å². The lowest BCUT2D eigenvalue weighted by Crippen LogP contribution is -2.16. The Morgan fingerprint density at radius 3 is 2.59 bits per heavy atom. The SMILES string of the molecule is COc1cc(OCc2ccccc2)ccc1C(N)CC(=O)O. The number of hydrogen-bond acceptors (Lipinski definition) is 4. The van der Waals surface area contributed by atoms with Crippen molar-refractivity contribution < 1.29 is 19.4 Å². The fourth-order valence-electron chi connectivity index (χ4n) is 2.13. The first kappa shape index (κ1) is 15.9. The molecule has 1 unspecified atom stereocenters. The van der Waals surface area contributed by atoms with Crippen LogP contribution in [0.3, 0.4) is 0 Å². The smallest absolute Gasteiger partial charge is 0.305 e. The molecule has 0 saturated carbocycles. The normalized spacial score (nSPS) is 11.7. The van der Waals surface area contributed by atoms with Crippen molar-refractivity contribution in [1.29, 1.82) is 0 Å². The average Bonchev–Trinajstić information content (AvgIpc) is 2.53. The summed E-state index contributed by atoms with van der Waals surface area (Å²) in [5.74, 6) is 0.227. The summed E-state index contributed by atoms with van der Waals surface area (Å²) in [5, 5.41) is 8.83. The molecule has 2 aromatic carbocycles. The van der Waals surface area contributed by atoms with Crippen molar-refractivity contribution in [2.45, 2.75) is 19.1 Å². The van der Waals surface area contributed by atoms with Crippen LogP contribution < -0.4 is 15.2 Å². The lowest BCUT2D eigenvalue weighted by molar-refractivity contribution is -0.137. The topological polar surface area (TPSA) is 81.8 Å². The van der Waals surface area contributed by atoms with Crippen molar-refractivity contribution >= 4 is 5.97 Å². The number of methoxy groups -OCH3 is 1. The van der Waals surface area contributed by atoms with E-state index in [-0.39, 0.29) is 6.42 Å². The number of carbonyl (C=O) groups is 1. The lowest BCUT2D eigenvalue weighted by Gasteiger charge is -2.15. The zero-order chi connectivity index (χ0) is 15.9. The van der Waals surface area contributed by atoms with Crippen molar-refractivity contribution in [3.63, 3.8) is 0 Å². The van der Waals surface area contributed by atoms with Crippen LogP contribution in [0.15, 0.2) is 48.5 Å². The number of nitrogens with two attached hydrogens (primary N) is 1. The third kappa shape index (κ3) is 4.23. The molecule has 2 rings (SSSR count). The molecule has 0 fully saturated rings. The van der Waals surface area contributed by atoms with Gasteiger partial charge in [0.25, 0.3) is 0 Å². The van der Waals surface area contributed by atoms with Crippen LogP contribution in [-0.4, -0.2) is 18.2 Å². The Hall–Kier alpha value is -2.53. The van der Waals surface area contributed by atoms with E-state index in [1.165, 1.54) is 7.11 Å². The molecule has 5 nitrogen and oxygen atoms in total. The Morgan fingerprint density at radius 2 is 1.95 bits per heavy atom. The van der Waals surface area contributed by atoms with Crippen LogP contribution in [0.4, 0.5) is 0 Å². The molecule has 0 saturated heterocycles. The zero-order valence-corrected chi connectivity index (χ0v) is 12.4. The fraction of sp³-hybridized carbons (Fsp3) is 0.235. The molecule has 116 valence electrons. The standard InChI is InChI=1S/C17H19NO4/c1-21-16-9-13(22-11-12-5-3-2-4-6-12)7-8-14(16)15(18)10-17(19)20/h2-9,15H,10-11,18H2,1H3,(H,19,20). The molecule has 0 spiro atoms. The highest BCUT2D eigenvalue weighted by molar-refractivity contribution is 5.68. The lowest BCUT2D eigenvalue weighted by atomic mass is 10.0. The molecule has 3 N–H and O–H groups in total. The Balaban J connectivity index is 2.09. The number of carboxylic acid groups (broad SMARTS) is 1. The summed E-state index contributed by atoms with van der Waals surface area (Å²) >= 11 is 0. The summed E-state index contributed by atoms with van der Waals surface area (Å²) in [6, 6.07) is 14.4. The summed E-state index contributed by atoms with van der Waals surface area (Å²) in [6.07, 6.45) is -0.152.